The summed E-state index contributed by atoms with van der Waals surface area (Å²) >= 11 is 0. The SMILES string of the molecule is CCOC(=O)c1cc2c(cn1)[nH]c1ccc(S(N)(=O)=O)cc12. The number of sulfonamides is 1. The third-order valence-corrected chi connectivity index (χ3v) is 4.18. The molecule has 0 aliphatic heterocycles. The summed E-state index contributed by atoms with van der Waals surface area (Å²) in [5.74, 6) is -0.527. The van der Waals surface area contributed by atoms with E-state index in [0.29, 0.717) is 16.3 Å². The normalized spacial score (nSPS) is 11.9. The first kappa shape index (κ1) is 14.5. The number of nitrogens with two attached hydrogens (primary N) is 1. The van der Waals surface area contributed by atoms with E-state index in [1.165, 1.54) is 18.3 Å². The average Bonchev–Trinajstić information content (AvgIpc) is 2.83. The molecule has 2 heterocycles. The average molecular weight is 319 g/mol. The van der Waals surface area contributed by atoms with Crippen molar-refractivity contribution in [2.45, 2.75) is 11.8 Å². The van der Waals surface area contributed by atoms with Crippen LogP contribution in [0.2, 0.25) is 0 Å². The molecule has 0 saturated heterocycles. The summed E-state index contributed by atoms with van der Waals surface area (Å²) < 4.78 is 27.9. The van der Waals surface area contributed by atoms with Crippen LogP contribution in [0.4, 0.5) is 0 Å². The van der Waals surface area contributed by atoms with Crippen LogP contribution in [0.3, 0.4) is 0 Å². The molecular formula is C14H13N3O4S. The number of carbonyl (C=O) groups is 1. The zero-order chi connectivity index (χ0) is 15.9. The van der Waals surface area contributed by atoms with Crippen LogP contribution in [0.15, 0.2) is 35.4 Å². The lowest BCUT2D eigenvalue weighted by molar-refractivity contribution is 0.0519. The van der Waals surface area contributed by atoms with Gasteiger partial charge in [-0.2, -0.15) is 0 Å². The monoisotopic (exact) mass is 319 g/mol. The number of aromatic amines is 1. The first-order valence-corrected chi connectivity index (χ1v) is 8.06. The standard InChI is InChI=1S/C14H13N3O4S/c1-2-21-14(18)12-6-10-9-5-8(22(15,19)20)3-4-11(9)17-13(10)7-16-12/h3-7,17H,2H2,1H3,(H2,15,19,20). The Labute approximate surface area is 126 Å². The Morgan fingerprint density at radius 2 is 2.00 bits per heavy atom. The van der Waals surface area contributed by atoms with Gasteiger partial charge in [0.15, 0.2) is 0 Å². The predicted octanol–water partition coefficient (Wildman–Crippen LogP) is 1.54. The lowest BCUT2D eigenvalue weighted by Gasteiger charge is -2.01. The summed E-state index contributed by atoms with van der Waals surface area (Å²) in [6, 6.07) is 6.09. The Morgan fingerprint density at radius 1 is 1.27 bits per heavy atom. The van der Waals surface area contributed by atoms with Gasteiger partial charge in [0, 0.05) is 16.3 Å². The second-order valence-electron chi connectivity index (χ2n) is 4.71. The highest BCUT2D eigenvalue weighted by Crippen LogP contribution is 2.27. The number of fused-ring (bicyclic) bond motifs is 3. The van der Waals surface area contributed by atoms with Crippen molar-refractivity contribution in [2.24, 2.45) is 5.14 Å². The maximum absolute atomic E-state index is 11.8. The minimum Gasteiger partial charge on any atom is -0.461 e. The van der Waals surface area contributed by atoms with Gasteiger partial charge in [-0.1, -0.05) is 0 Å². The highest BCUT2D eigenvalue weighted by atomic mass is 32.2. The van der Waals surface area contributed by atoms with Gasteiger partial charge in [0.05, 0.1) is 23.2 Å². The quantitative estimate of drug-likeness (QED) is 0.710. The van der Waals surface area contributed by atoms with Crippen LogP contribution >= 0.6 is 0 Å². The molecule has 0 aliphatic rings. The van der Waals surface area contributed by atoms with Crippen LogP contribution in [-0.2, 0) is 14.8 Å². The zero-order valence-corrected chi connectivity index (χ0v) is 12.5. The number of H-pyrrole nitrogens is 1. The van der Waals surface area contributed by atoms with Gasteiger partial charge in [0.2, 0.25) is 10.0 Å². The minimum absolute atomic E-state index is 0.00963. The van der Waals surface area contributed by atoms with Gasteiger partial charge in [-0.3, -0.25) is 0 Å². The molecule has 2 aromatic heterocycles. The number of rotatable bonds is 3. The topological polar surface area (TPSA) is 115 Å². The molecule has 0 spiro atoms. The summed E-state index contributed by atoms with van der Waals surface area (Å²) in [6.45, 7) is 1.96. The van der Waals surface area contributed by atoms with Gasteiger partial charge >= 0.3 is 5.97 Å². The van der Waals surface area contributed by atoms with E-state index in [-0.39, 0.29) is 17.2 Å². The fraction of sp³-hybridized carbons (Fsp3) is 0.143. The smallest absolute Gasteiger partial charge is 0.356 e. The Balaban J connectivity index is 2.25. The van der Waals surface area contributed by atoms with Crippen molar-refractivity contribution >= 4 is 37.8 Å². The van der Waals surface area contributed by atoms with E-state index in [9.17, 15) is 13.2 Å². The molecule has 22 heavy (non-hydrogen) atoms. The third kappa shape index (κ3) is 2.42. The lowest BCUT2D eigenvalue weighted by Crippen LogP contribution is -2.11. The van der Waals surface area contributed by atoms with Crippen molar-refractivity contribution in [1.29, 1.82) is 0 Å². The molecule has 3 N–H and O–H groups in total. The number of hydrogen-bond acceptors (Lipinski definition) is 5. The van der Waals surface area contributed by atoms with E-state index in [2.05, 4.69) is 9.97 Å². The van der Waals surface area contributed by atoms with Crippen molar-refractivity contribution < 1.29 is 17.9 Å². The molecule has 0 aliphatic carbocycles. The zero-order valence-electron chi connectivity index (χ0n) is 11.7. The molecule has 0 fully saturated rings. The Bertz CT molecular complexity index is 992. The molecule has 1 aromatic carbocycles. The highest BCUT2D eigenvalue weighted by Gasteiger charge is 2.14. The number of primary sulfonamides is 1. The van der Waals surface area contributed by atoms with Crippen LogP contribution in [0.5, 0.6) is 0 Å². The van der Waals surface area contributed by atoms with E-state index in [4.69, 9.17) is 9.88 Å². The highest BCUT2D eigenvalue weighted by molar-refractivity contribution is 7.89. The van der Waals surface area contributed by atoms with E-state index in [1.54, 1.807) is 19.1 Å². The van der Waals surface area contributed by atoms with Gasteiger partial charge in [-0.15, -0.1) is 0 Å². The summed E-state index contributed by atoms with van der Waals surface area (Å²) in [6.07, 6.45) is 1.51. The van der Waals surface area contributed by atoms with Crippen LogP contribution in [-0.4, -0.2) is 31.0 Å². The Morgan fingerprint density at radius 3 is 2.68 bits per heavy atom. The van der Waals surface area contributed by atoms with E-state index in [0.717, 1.165) is 5.52 Å². The predicted molar refractivity (Wildman–Crippen MR) is 80.9 cm³/mol. The number of hydrogen-bond donors (Lipinski definition) is 2. The lowest BCUT2D eigenvalue weighted by atomic mass is 10.1. The third-order valence-electron chi connectivity index (χ3n) is 3.27. The van der Waals surface area contributed by atoms with Crippen molar-refractivity contribution in [2.75, 3.05) is 6.61 Å². The molecule has 8 heteroatoms. The van der Waals surface area contributed by atoms with Gasteiger partial charge in [0.1, 0.15) is 5.69 Å². The maximum atomic E-state index is 11.8. The van der Waals surface area contributed by atoms with E-state index < -0.39 is 16.0 Å². The van der Waals surface area contributed by atoms with Gasteiger partial charge in [0.25, 0.3) is 0 Å². The number of nitrogens with zero attached hydrogens (tertiary/aromatic N) is 1. The van der Waals surface area contributed by atoms with Crippen molar-refractivity contribution in [3.63, 3.8) is 0 Å². The molecule has 3 rings (SSSR count). The Hall–Kier alpha value is -2.45. The Kier molecular flexibility index (Phi) is 3.34. The number of carbonyl (C=O) groups excluding carboxylic acids is 1. The fourth-order valence-corrected chi connectivity index (χ4v) is 2.81. The number of benzene rings is 1. The molecule has 0 unspecified atom stereocenters. The largest absolute Gasteiger partial charge is 0.461 e. The maximum Gasteiger partial charge on any atom is 0.356 e. The molecule has 0 amide bonds. The number of esters is 1. The molecular weight excluding hydrogens is 306 g/mol. The molecule has 0 atom stereocenters. The second-order valence-corrected chi connectivity index (χ2v) is 6.27. The van der Waals surface area contributed by atoms with Crippen LogP contribution in [0.1, 0.15) is 17.4 Å². The molecule has 7 nitrogen and oxygen atoms in total. The summed E-state index contributed by atoms with van der Waals surface area (Å²) in [4.78, 5) is 18.9. The van der Waals surface area contributed by atoms with Crippen LogP contribution in [0, 0.1) is 0 Å². The number of aromatic nitrogens is 2. The van der Waals surface area contributed by atoms with E-state index in [1.807, 2.05) is 0 Å². The summed E-state index contributed by atoms with van der Waals surface area (Å²) in [5, 5.41) is 6.48. The van der Waals surface area contributed by atoms with Gasteiger partial charge < -0.3 is 9.72 Å². The van der Waals surface area contributed by atoms with Crippen molar-refractivity contribution in [1.82, 2.24) is 9.97 Å². The number of ether oxygens (including phenoxy) is 1. The van der Waals surface area contributed by atoms with Crippen molar-refractivity contribution in [3.8, 4) is 0 Å². The van der Waals surface area contributed by atoms with Gasteiger partial charge in [-0.05, 0) is 31.2 Å². The second kappa shape index (κ2) is 5.08. The molecule has 0 saturated carbocycles. The first-order chi connectivity index (χ1) is 10.4. The van der Waals surface area contributed by atoms with Crippen molar-refractivity contribution in [3.05, 3.63) is 36.2 Å². The summed E-state index contributed by atoms with van der Waals surface area (Å²) in [5.41, 5.74) is 1.58. The minimum atomic E-state index is -3.80. The molecule has 0 bridgehead atoms. The van der Waals surface area contributed by atoms with Crippen LogP contribution in [0.25, 0.3) is 21.8 Å². The molecule has 3 aromatic rings. The molecule has 0 radical (unpaired) electrons. The van der Waals surface area contributed by atoms with Crippen LogP contribution < -0.4 is 5.14 Å². The summed E-state index contributed by atoms with van der Waals surface area (Å²) in [7, 11) is -3.80. The first-order valence-electron chi connectivity index (χ1n) is 6.51. The number of nitrogens with one attached hydrogen (secondary N) is 1. The fourth-order valence-electron chi connectivity index (χ4n) is 2.27. The number of pyridine rings is 1. The van der Waals surface area contributed by atoms with Gasteiger partial charge in [-0.25, -0.2) is 23.3 Å². The van der Waals surface area contributed by atoms with E-state index >= 15 is 0 Å². The molecule has 114 valence electrons.